The highest BCUT2D eigenvalue weighted by Crippen LogP contribution is 2.43. The Morgan fingerprint density at radius 2 is 2.00 bits per heavy atom. The van der Waals surface area contributed by atoms with E-state index in [1.165, 1.54) is 12.0 Å². The minimum atomic E-state index is 0.180. The summed E-state index contributed by atoms with van der Waals surface area (Å²) < 4.78 is 0. The van der Waals surface area contributed by atoms with Crippen molar-refractivity contribution in [3.8, 4) is 0 Å². The minimum absolute atomic E-state index is 0.180. The second-order valence-electron chi connectivity index (χ2n) is 6.31. The summed E-state index contributed by atoms with van der Waals surface area (Å²) in [5, 5.41) is 3.08. The van der Waals surface area contributed by atoms with E-state index in [-0.39, 0.29) is 11.8 Å². The van der Waals surface area contributed by atoms with Crippen molar-refractivity contribution in [1.82, 2.24) is 0 Å². The standard InChI is InChI=1S/C18H23NO/c1-3-12(2)14-6-8-16(9-7-14)19-18(20)17-11-13-4-5-15(17)10-13/h4-9,12-13,15,17H,3,10-11H2,1-2H3,(H,19,20)/t12-,13-,15-,17+/m0/s1. The van der Waals surface area contributed by atoms with Gasteiger partial charge in [0.15, 0.2) is 0 Å². The fourth-order valence-corrected chi connectivity index (χ4v) is 3.45. The van der Waals surface area contributed by atoms with E-state index in [0.717, 1.165) is 18.5 Å². The maximum atomic E-state index is 12.3. The third kappa shape index (κ3) is 2.52. The topological polar surface area (TPSA) is 29.1 Å². The molecule has 1 aromatic carbocycles. The first-order valence-corrected chi connectivity index (χ1v) is 7.76. The van der Waals surface area contributed by atoms with Gasteiger partial charge >= 0.3 is 0 Å². The van der Waals surface area contributed by atoms with Crippen molar-refractivity contribution >= 4 is 11.6 Å². The van der Waals surface area contributed by atoms with Gasteiger partial charge in [-0.25, -0.2) is 0 Å². The number of carbonyl (C=O) groups excluding carboxylic acids is 1. The summed E-state index contributed by atoms with van der Waals surface area (Å²) in [6.07, 6.45) is 7.84. The highest BCUT2D eigenvalue weighted by Gasteiger charge is 2.39. The predicted molar refractivity (Wildman–Crippen MR) is 82.6 cm³/mol. The molecular weight excluding hydrogens is 246 g/mol. The molecule has 0 radical (unpaired) electrons. The molecule has 1 fully saturated rings. The van der Waals surface area contributed by atoms with Crippen LogP contribution in [0.25, 0.3) is 0 Å². The maximum Gasteiger partial charge on any atom is 0.228 e. The molecular formula is C18H23NO. The molecule has 0 aliphatic heterocycles. The first-order valence-electron chi connectivity index (χ1n) is 7.76. The van der Waals surface area contributed by atoms with Gasteiger partial charge in [0.2, 0.25) is 5.91 Å². The highest BCUT2D eigenvalue weighted by atomic mass is 16.1. The predicted octanol–water partition coefficient (Wildman–Crippen LogP) is 4.35. The molecule has 0 aromatic heterocycles. The summed E-state index contributed by atoms with van der Waals surface area (Å²) in [4.78, 5) is 12.3. The van der Waals surface area contributed by atoms with Crippen molar-refractivity contribution in [2.45, 2.75) is 39.0 Å². The van der Waals surface area contributed by atoms with E-state index in [0.29, 0.717) is 17.8 Å². The van der Waals surface area contributed by atoms with Crippen LogP contribution in [0.5, 0.6) is 0 Å². The van der Waals surface area contributed by atoms with Crippen molar-refractivity contribution in [3.05, 3.63) is 42.0 Å². The molecule has 1 N–H and O–H groups in total. The quantitative estimate of drug-likeness (QED) is 0.809. The molecule has 2 aliphatic rings. The molecule has 106 valence electrons. The Morgan fingerprint density at radius 1 is 1.25 bits per heavy atom. The molecule has 2 aliphatic carbocycles. The van der Waals surface area contributed by atoms with Gasteiger partial charge in [0.05, 0.1) is 0 Å². The van der Waals surface area contributed by atoms with E-state index in [2.05, 4.69) is 43.4 Å². The molecule has 1 amide bonds. The van der Waals surface area contributed by atoms with Gasteiger partial charge in [-0.15, -0.1) is 0 Å². The molecule has 2 nitrogen and oxygen atoms in total. The smallest absolute Gasteiger partial charge is 0.228 e. The molecule has 0 unspecified atom stereocenters. The van der Waals surface area contributed by atoms with Crippen molar-refractivity contribution in [1.29, 1.82) is 0 Å². The van der Waals surface area contributed by atoms with Crippen LogP contribution in [0.3, 0.4) is 0 Å². The number of rotatable bonds is 4. The third-order valence-corrected chi connectivity index (χ3v) is 4.98. The number of benzene rings is 1. The van der Waals surface area contributed by atoms with Crippen LogP contribution in [0.2, 0.25) is 0 Å². The van der Waals surface area contributed by atoms with E-state index in [1.54, 1.807) is 0 Å². The molecule has 0 heterocycles. The number of anilines is 1. The van der Waals surface area contributed by atoms with Gasteiger partial charge in [-0.1, -0.05) is 38.1 Å². The first-order chi connectivity index (χ1) is 9.67. The number of allylic oxidation sites excluding steroid dienone is 2. The molecule has 0 saturated heterocycles. The highest BCUT2D eigenvalue weighted by molar-refractivity contribution is 5.93. The van der Waals surface area contributed by atoms with Gasteiger partial charge < -0.3 is 5.32 Å². The summed E-state index contributed by atoms with van der Waals surface area (Å²) in [6.45, 7) is 4.43. The first kappa shape index (κ1) is 13.4. The van der Waals surface area contributed by atoms with E-state index in [1.807, 2.05) is 12.1 Å². The maximum absolute atomic E-state index is 12.3. The Kier molecular flexibility index (Phi) is 3.64. The number of nitrogens with one attached hydrogen (secondary N) is 1. The van der Waals surface area contributed by atoms with Gasteiger partial charge in [0.1, 0.15) is 0 Å². The summed E-state index contributed by atoms with van der Waals surface area (Å²) in [5.74, 6) is 2.07. The van der Waals surface area contributed by atoms with E-state index < -0.39 is 0 Å². The Hall–Kier alpha value is -1.57. The number of amides is 1. The van der Waals surface area contributed by atoms with Crippen molar-refractivity contribution in [2.75, 3.05) is 5.32 Å². The van der Waals surface area contributed by atoms with Crippen LogP contribution < -0.4 is 5.32 Å². The van der Waals surface area contributed by atoms with Crippen LogP contribution in [0.1, 0.15) is 44.6 Å². The number of fused-ring (bicyclic) bond motifs is 2. The largest absolute Gasteiger partial charge is 0.326 e. The third-order valence-electron chi connectivity index (χ3n) is 4.98. The zero-order valence-electron chi connectivity index (χ0n) is 12.3. The Labute approximate surface area is 121 Å². The van der Waals surface area contributed by atoms with Gasteiger partial charge in [-0.3, -0.25) is 4.79 Å². The zero-order chi connectivity index (χ0) is 14.1. The lowest BCUT2D eigenvalue weighted by Crippen LogP contribution is -2.25. The summed E-state index contributed by atoms with van der Waals surface area (Å²) >= 11 is 0. The van der Waals surface area contributed by atoms with Crippen LogP contribution >= 0.6 is 0 Å². The van der Waals surface area contributed by atoms with Crippen LogP contribution in [0, 0.1) is 17.8 Å². The molecule has 1 aromatic rings. The summed E-state index contributed by atoms with van der Waals surface area (Å²) in [5.41, 5.74) is 2.27. The Balaban J connectivity index is 1.63. The zero-order valence-corrected chi connectivity index (χ0v) is 12.3. The lowest BCUT2D eigenvalue weighted by atomic mass is 9.92. The molecule has 1 saturated carbocycles. The van der Waals surface area contributed by atoms with E-state index in [4.69, 9.17) is 0 Å². The van der Waals surface area contributed by atoms with Gasteiger partial charge in [0, 0.05) is 11.6 Å². The van der Waals surface area contributed by atoms with Crippen molar-refractivity contribution in [3.63, 3.8) is 0 Å². The average molecular weight is 269 g/mol. The minimum Gasteiger partial charge on any atom is -0.326 e. The van der Waals surface area contributed by atoms with Gasteiger partial charge in [-0.05, 0) is 54.7 Å². The van der Waals surface area contributed by atoms with E-state index >= 15 is 0 Å². The van der Waals surface area contributed by atoms with E-state index in [9.17, 15) is 4.79 Å². The SMILES string of the molecule is CC[C@H](C)c1ccc(NC(=O)[C@@H]2C[C@H]3C=C[C@H]2C3)cc1. The molecule has 4 atom stereocenters. The second kappa shape index (κ2) is 5.43. The summed E-state index contributed by atoms with van der Waals surface area (Å²) in [6, 6.07) is 8.32. The number of carbonyl (C=O) groups is 1. The molecule has 3 rings (SSSR count). The van der Waals surface area contributed by atoms with Crippen LogP contribution in [0.4, 0.5) is 5.69 Å². The number of hydrogen-bond acceptors (Lipinski definition) is 1. The monoisotopic (exact) mass is 269 g/mol. The summed E-state index contributed by atoms with van der Waals surface area (Å²) in [7, 11) is 0. The van der Waals surface area contributed by atoms with Gasteiger partial charge in [-0.2, -0.15) is 0 Å². The normalized spacial score (nSPS) is 28.6. The lowest BCUT2D eigenvalue weighted by Gasteiger charge is -2.18. The van der Waals surface area contributed by atoms with Crippen molar-refractivity contribution in [2.24, 2.45) is 17.8 Å². The Morgan fingerprint density at radius 3 is 2.55 bits per heavy atom. The fraction of sp³-hybridized carbons (Fsp3) is 0.500. The average Bonchev–Trinajstić information content (AvgIpc) is 3.10. The Bertz CT molecular complexity index is 517. The molecule has 0 spiro atoms. The molecule has 2 heteroatoms. The molecule has 20 heavy (non-hydrogen) atoms. The fourth-order valence-electron chi connectivity index (χ4n) is 3.45. The second-order valence-corrected chi connectivity index (χ2v) is 6.31. The lowest BCUT2D eigenvalue weighted by molar-refractivity contribution is -0.120. The van der Waals surface area contributed by atoms with Crippen LogP contribution in [-0.2, 0) is 4.79 Å². The van der Waals surface area contributed by atoms with Crippen LogP contribution in [0.15, 0.2) is 36.4 Å². The number of hydrogen-bond donors (Lipinski definition) is 1. The molecule has 2 bridgehead atoms. The van der Waals surface area contributed by atoms with Crippen LogP contribution in [-0.4, -0.2) is 5.91 Å². The van der Waals surface area contributed by atoms with Crippen molar-refractivity contribution < 1.29 is 4.79 Å². The van der Waals surface area contributed by atoms with Gasteiger partial charge in [0.25, 0.3) is 0 Å².